The van der Waals surface area contributed by atoms with Gasteiger partial charge in [0.2, 0.25) is 0 Å². The number of rotatable bonds is 9. The van der Waals surface area contributed by atoms with E-state index in [1.54, 1.807) is 0 Å². The molecule has 1 N–H and O–H groups in total. The molecule has 0 radical (unpaired) electrons. The molecule has 3 aliphatic rings. The Morgan fingerprint density at radius 3 is 1.93 bits per heavy atom. The molecule has 3 rings (SSSR count). The second-order valence-corrected chi connectivity index (χ2v) is 9.98. The maximum Gasteiger partial charge on any atom is 0.0371 e. The van der Waals surface area contributed by atoms with Gasteiger partial charge in [0, 0.05) is 64.4 Å². The summed E-state index contributed by atoms with van der Waals surface area (Å²) in [6.07, 6.45) is 9.61. The zero-order valence-electron chi connectivity index (χ0n) is 19.0. The van der Waals surface area contributed by atoms with Crippen molar-refractivity contribution in [2.24, 2.45) is 5.92 Å². The van der Waals surface area contributed by atoms with Crippen molar-refractivity contribution in [2.45, 2.75) is 77.8 Å². The minimum absolute atomic E-state index is 0.671. The van der Waals surface area contributed by atoms with Gasteiger partial charge >= 0.3 is 0 Å². The molecule has 5 heteroatoms. The Bertz CT molecular complexity index is 409. The molecule has 5 nitrogen and oxygen atoms in total. The molecule has 0 aromatic rings. The standard InChI is InChI=1S/C23H47N5/c1-21(2)19-25-15-17-26(18-16-25)20-23(28-14-8-5-11-24-28)10-9-22(3)27-12-6-4-7-13-27/h21-24H,4-20H2,1-3H3. The van der Waals surface area contributed by atoms with E-state index in [1.807, 2.05) is 0 Å². The number of hydrogen-bond donors (Lipinski definition) is 1. The largest absolute Gasteiger partial charge is 0.301 e. The van der Waals surface area contributed by atoms with Crippen LogP contribution in [0.1, 0.15) is 65.7 Å². The van der Waals surface area contributed by atoms with Crippen molar-refractivity contribution in [3.05, 3.63) is 0 Å². The van der Waals surface area contributed by atoms with E-state index >= 15 is 0 Å². The fourth-order valence-electron chi connectivity index (χ4n) is 5.31. The van der Waals surface area contributed by atoms with Gasteiger partial charge in [-0.05, 0) is 64.5 Å². The van der Waals surface area contributed by atoms with Crippen LogP contribution >= 0.6 is 0 Å². The maximum absolute atomic E-state index is 3.73. The molecule has 3 saturated heterocycles. The number of hydrazine groups is 1. The van der Waals surface area contributed by atoms with Gasteiger partial charge in [-0.1, -0.05) is 20.3 Å². The Labute approximate surface area is 174 Å². The first kappa shape index (κ1) is 22.5. The molecule has 0 aromatic carbocycles. The number of piperazine rings is 1. The van der Waals surface area contributed by atoms with E-state index in [0.29, 0.717) is 6.04 Å². The third-order valence-corrected chi connectivity index (χ3v) is 7.07. The molecule has 0 spiro atoms. The van der Waals surface area contributed by atoms with E-state index < -0.39 is 0 Å². The van der Waals surface area contributed by atoms with Crippen molar-refractivity contribution in [2.75, 3.05) is 65.4 Å². The van der Waals surface area contributed by atoms with Crippen LogP contribution in [0.25, 0.3) is 0 Å². The van der Waals surface area contributed by atoms with Crippen molar-refractivity contribution in [3.8, 4) is 0 Å². The third kappa shape index (κ3) is 7.24. The molecule has 3 heterocycles. The van der Waals surface area contributed by atoms with E-state index in [2.05, 4.69) is 45.9 Å². The predicted octanol–water partition coefficient (Wildman–Crippen LogP) is 2.88. The van der Waals surface area contributed by atoms with Gasteiger partial charge in [0.05, 0.1) is 0 Å². The van der Waals surface area contributed by atoms with Crippen LogP contribution in [0.4, 0.5) is 0 Å². The molecular weight excluding hydrogens is 346 g/mol. The smallest absolute Gasteiger partial charge is 0.0371 e. The number of hydrogen-bond acceptors (Lipinski definition) is 5. The molecule has 0 bridgehead atoms. The van der Waals surface area contributed by atoms with Gasteiger partial charge in [0.15, 0.2) is 0 Å². The Hall–Kier alpha value is -0.200. The Morgan fingerprint density at radius 1 is 0.679 bits per heavy atom. The minimum atomic E-state index is 0.671. The second-order valence-electron chi connectivity index (χ2n) is 9.98. The lowest BCUT2D eigenvalue weighted by molar-refractivity contribution is 0.0387. The van der Waals surface area contributed by atoms with Gasteiger partial charge in [-0.15, -0.1) is 0 Å². The second kappa shape index (κ2) is 11.8. The number of nitrogens with zero attached hydrogens (tertiary/aromatic N) is 4. The normalized spacial score (nSPS) is 26.6. The fourth-order valence-corrected chi connectivity index (χ4v) is 5.31. The van der Waals surface area contributed by atoms with Crippen LogP contribution in [0.15, 0.2) is 0 Å². The van der Waals surface area contributed by atoms with Crippen molar-refractivity contribution < 1.29 is 0 Å². The average molecular weight is 394 g/mol. The molecule has 2 unspecified atom stereocenters. The number of likely N-dealkylation sites (tertiary alicyclic amines) is 1. The van der Waals surface area contributed by atoms with Gasteiger partial charge in [-0.25, -0.2) is 5.01 Å². The first-order valence-corrected chi connectivity index (χ1v) is 12.3. The van der Waals surface area contributed by atoms with Gasteiger partial charge in [0.1, 0.15) is 0 Å². The summed E-state index contributed by atoms with van der Waals surface area (Å²) >= 11 is 0. The van der Waals surface area contributed by atoms with E-state index in [9.17, 15) is 0 Å². The zero-order valence-corrected chi connectivity index (χ0v) is 19.0. The van der Waals surface area contributed by atoms with Crippen LogP contribution < -0.4 is 5.43 Å². The first-order chi connectivity index (χ1) is 13.6. The van der Waals surface area contributed by atoms with Crippen molar-refractivity contribution in [3.63, 3.8) is 0 Å². The summed E-state index contributed by atoms with van der Waals surface area (Å²) in [4.78, 5) is 8.14. The molecular formula is C23H47N5. The first-order valence-electron chi connectivity index (χ1n) is 12.3. The Balaban J connectivity index is 1.48. The lowest BCUT2D eigenvalue weighted by Crippen LogP contribution is -2.56. The highest BCUT2D eigenvalue weighted by Crippen LogP contribution is 2.19. The summed E-state index contributed by atoms with van der Waals surface area (Å²) in [7, 11) is 0. The van der Waals surface area contributed by atoms with Crippen LogP contribution in [-0.4, -0.2) is 97.2 Å². The molecule has 164 valence electrons. The van der Waals surface area contributed by atoms with E-state index in [0.717, 1.165) is 12.0 Å². The monoisotopic (exact) mass is 393 g/mol. The molecule has 0 amide bonds. The summed E-state index contributed by atoms with van der Waals surface area (Å²) < 4.78 is 0. The predicted molar refractivity (Wildman–Crippen MR) is 120 cm³/mol. The Kier molecular flexibility index (Phi) is 9.52. The van der Waals surface area contributed by atoms with Crippen LogP contribution in [0.3, 0.4) is 0 Å². The van der Waals surface area contributed by atoms with Crippen LogP contribution in [0.5, 0.6) is 0 Å². The SMILES string of the molecule is CC(C)CN1CCN(CC(CCC(C)N2CCCCC2)N2CCCCN2)CC1. The molecule has 28 heavy (non-hydrogen) atoms. The van der Waals surface area contributed by atoms with Gasteiger partial charge < -0.3 is 9.80 Å². The quantitative estimate of drug-likeness (QED) is 0.649. The average Bonchev–Trinajstić information content (AvgIpc) is 2.73. The molecule has 3 aliphatic heterocycles. The Morgan fingerprint density at radius 2 is 1.32 bits per heavy atom. The maximum atomic E-state index is 3.73. The van der Waals surface area contributed by atoms with Gasteiger partial charge in [-0.3, -0.25) is 10.3 Å². The minimum Gasteiger partial charge on any atom is -0.301 e. The summed E-state index contributed by atoms with van der Waals surface area (Å²) in [5.41, 5.74) is 3.73. The van der Waals surface area contributed by atoms with Gasteiger partial charge in [-0.2, -0.15) is 0 Å². The number of nitrogens with one attached hydrogen (secondary N) is 1. The molecule has 2 atom stereocenters. The highest BCUT2D eigenvalue weighted by atomic mass is 15.5. The summed E-state index contributed by atoms with van der Waals surface area (Å²) in [6.45, 7) is 19.7. The van der Waals surface area contributed by atoms with E-state index in [4.69, 9.17) is 0 Å². The van der Waals surface area contributed by atoms with Crippen molar-refractivity contribution in [1.82, 2.24) is 25.1 Å². The van der Waals surface area contributed by atoms with Crippen LogP contribution in [0.2, 0.25) is 0 Å². The summed E-state index contributed by atoms with van der Waals surface area (Å²) in [5.74, 6) is 0.785. The van der Waals surface area contributed by atoms with E-state index in [-0.39, 0.29) is 0 Å². The van der Waals surface area contributed by atoms with Crippen molar-refractivity contribution in [1.29, 1.82) is 0 Å². The summed E-state index contributed by atoms with van der Waals surface area (Å²) in [5, 5.41) is 2.60. The highest BCUT2D eigenvalue weighted by molar-refractivity contribution is 4.82. The lowest BCUT2D eigenvalue weighted by Gasteiger charge is -2.42. The fraction of sp³-hybridized carbons (Fsp3) is 1.00. The van der Waals surface area contributed by atoms with Crippen LogP contribution in [-0.2, 0) is 0 Å². The topological polar surface area (TPSA) is 25.0 Å². The molecule has 3 fully saturated rings. The van der Waals surface area contributed by atoms with Gasteiger partial charge in [0.25, 0.3) is 0 Å². The van der Waals surface area contributed by atoms with Crippen LogP contribution in [0, 0.1) is 5.92 Å². The lowest BCUT2D eigenvalue weighted by atomic mass is 10.0. The molecule has 0 aromatic heterocycles. The summed E-state index contributed by atoms with van der Waals surface area (Å²) in [6, 6.07) is 1.42. The molecule has 0 saturated carbocycles. The highest BCUT2D eigenvalue weighted by Gasteiger charge is 2.27. The number of piperidine rings is 1. The third-order valence-electron chi connectivity index (χ3n) is 7.07. The van der Waals surface area contributed by atoms with Crippen molar-refractivity contribution >= 4 is 0 Å². The zero-order chi connectivity index (χ0) is 19.8. The molecule has 0 aliphatic carbocycles. The van der Waals surface area contributed by atoms with E-state index in [1.165, 1.54) is 110 Å².